The second kappa shape index (κ2) is 7.22. The zero-order valence-electron chi connectivity index (χ0n) is 7.11. The molecule has 0 aromatic heterocycles. The SMILES string of the molecule is C[Si](C)c1[c-]cccc1.[Cu+].[Li]. The monoisotopic (exact) mass is 204 g/mol. The fourth-order valence-corrected chi connectivity index (χ4v) is 1.51. The van der Waals surface area contributed by atoms with E-state index in [4.69, 9.17) is 0 Å². The maximum atomic E-state index is 3.21. The largest absolute Gasteiger partial charge is 1.00 e. The van der Waals surface area contributed by atoms with Crippen LogP contribution in [0.4, 0.5) is 0 Å². The zero-order chi connectivity index (χ0) is 6.69. The van der Waals surface area contributed by atoms with Gasteiger partial charge in [-0.3, -0.25) is 0 Å². The van der Waals surface area contributed by atoms with Crippen molar-refractivity contribution >= 4 is 32.8 Å². The summed E-state index contributed by atoms with van der Waals surface area (Å²) in [6, 6.07) is 11.4. The molecule has 0 spiro atoms. The van der Waals surface area contributed by atoms with Gasteiger partial charge in [0.2, 0.25) is 0 Å². The first kappa shape index (κ1) is 14.1. The molecular weight excluding hydrogens is 195 g/mol. The third-order valence-corrected chi connectivity index (χ3v) is 2.64. The summed E-state index contributed by atoms with van der Waals surface area (Å²) in [6.45, 7) is 4.55. The van der Waals surface area contributed by atoms with Crippen molar-refractivity contribution in [1.29, 1.82) is 0 Å². The molecule has 0 heterocycles. The van der Waals surface area contributed by atoms with Crippen LogP contribution < -0.4 is 5.19 Å². The molecule has 0 amide bonds. The molecule has 0 aliphatic rings. The van der Waals surface area contributed by atoms with Crippen LogP contribution in [-0.2, 0) is 17.1 Å². The van der Waals surface area contributed by atoms with Crippen LogP contribution in [0.5, 0.6) is 0 Å². The van der Waals surface area contributed by atoms with Crippen LogP contribution >= 0.6 is 0 Å². The average molecular weight is 205 g/mol. The van der Waals surface area contributed by atoms with E-state index in [0.29, 0.717) is 0 Å². The average Bonchev–Trinajstić information content (AvgIpc) is 1.90. The minimum Gasteiger partial charge on any atom is -0.185 e. The van der Waals surface area contributed by atoms with Gasteiger partial charge in [-0.05, 0) is 0 Å². The van der Waals surface area contributed by atoms with Crippen LogP contribution in [0, 0.1) is 6.07 Å². The molecule has 11 heavy (non-hydrogen) atoms. The topological polar surface area (TPSA) is 0 Å². The van der Waals surface area contributed by atoms with Gasteiger partial charge in [-0.1, -0.05) is 13.1 Å². The van der Waals surface area contributed by atoms with Gasteiger partial charge in [-0.25, -0.2) is 0 Å². The van der Waals surface area contributed by atoms with Crippen LogP contribution in [0.15, 0.2) is 24.3 Å². The standard InChI is InChI=1S/C8H10Si.Cu.Li/c1-9(2)8-6-4-3-5-7-8;;/h3-6H,1-2H3;;/q-1;+1;. The number of hydrogen-bond donors (Lipinski definition) is 0. The molecule has 58 valence electrons. The smallest absolute Gasteiger partial charge is 0.185 e. The second-order valence-corrected chi connectivity index (χ2v) is 4.81. The summed E-state index contributed by atoms with van der Waals surface area (Å²) in [7, 11) is -0.268. The quantitative estimate of drug-likeness (QED) is 0.474. The molecule has 0 fully saturated rings. The Bertz CT molecular complexity index is 177. The second-order valence-electron chi connectivity index (χ2n) is 2.28. The molecule has 1 aromatic carbocycles. The molecule has 0 aliphatic carbocycles. The molecule has 3 heteroatoms. The van der Waals surface area contributed by atoms with E-state index in [9.17, 15) is 0 Å². The first-order valence-electron chi connectivity index (χ1n) is 3.08. The molecule has 0 unspecified atom stereocenters. The molecule has 1 rings (SSSR count). The molecule has 0 N–H and O–H groups in total. The van der Waals surface area contributed by atoms with Gasteiger partial charge >= 0.3 is 17.1 Å². The Morgan fingerprint density at radius 3 is 2.18 bits per heavy atom. The van der Waals surface area contributed by atoms with Crippen LogP contribution in [0.2, 0.25) is 13.1 Å². The molecule has 0 saturated heterocycles. The van der Waals surface area contributed by atoms with Gasteiger partial charge in [0.25, 0.3) is 0 Å². The van der Waals surface area contributed by atoms with E-state index in [1.165, 1.54) is 5.19 Å². The molecule has 0 saturated carbocycles. The maximum absolute atomic E-state index is 3.21. The van der Waals surface area contributed by atoms with E-state index >= 15 is 0 Å². The Balaban J connectivity index is 0. The first-order chi connectivity index (χ1) is 4.30. The van der Waals surface area contributed by atoms with Crippen molar-refractivity contribution in [2.24, 2.45) is 0 Å². The van der Waals surface area contributed by atoms with E-state index in [0.717, 1.165) is 0 Å². The van der Waals surface area contributed by atoms with Crippen LogP contribution in [0.1, 0.15) is 0 Å². The summed E-state index contributed by atoms with van der Waals surface area (Å²) in [5, 5.41) is 1.39. The van der Waals surface area contributed by atoms with Crippen molar-refractivity contribution < 1.29 is 17.1 Å². The van der Waals surface area contributed by atoms with E-state index in [2.05, 4.69) is 31.3 Å². The van der Waals surface area contributed by atoms with Crippen molar-refractivity contribution in [2.45, 2.75) is 13.1 Å². The van der Waals surface area contributed by atoms with Gasteiger partial charge < -0.3 is 0 Å². The van der Waals surface area contributed by atoms with Crippen molar-refractivity contribution in [2.75, 3.05) is 0 Å². The third-order valence-electron chi connectivity index (χ3n) is 1.25. The van der Waals surface area contributed by atoms with Crippen molar-refractivity contribution in [3.63, 3.8) is 0 Å². The zero-order valence-corrected chi connectivity index (χ0v) is 9.05. The van der Waals surface area contributed by atoms with E-state index in [1.807, 2.05) is 12.1 Å². The minimum atomic E-state index is -0.268. The van der Waals surface area contributed by atoms with Crippen LogP contribution in [0.25, 0.3) is 0 Å². The minimum absolute atomic E-state index is 0. The normalized spacial score (nSPS) is 8.27. The summed E-state index contributed by atoms with van der Waals surface area (Å²) in [5.74, 6) is 0. The molecule has 0 atom stereocenters. The van der Waals surface area contributed by atoms with Crippen LogP contribution in [-0.4, -0.2) is 27.7 Å². The Labute approximate surface area is 93.0 Å². The number of hydrogen-bond acceptors (Lipinski definition) is 0. The van der Waals surface area contributed by atoms with Gasteiger partial charge in [0, 0.05) is 18.9 Å². The van der Waals surface area contributed by atoms with E-state index < -0.39 is 0 Å². The van der Waals surface area contributed by atoms with Crippen molar-refractivity contribution in [1.82, 2.24) is 0 Å². The predicted octanol–water partition coefficient (Wildman–Crippen LogP) is 1.06. The molecular formula is C8H10CuLiSi. The molecule has 2 radical (unpaired) electrons. The van der Waals surface area contributed by atoms with Gasteiger partial charge in [-0.2, -0.15) is 35.5 Å². The van der Waals surface area contributed by atoms with Crippen molar-refractivity contribution in [3.05, 3.63) is 30.3 Å². The third kappa shape index (κ3) is 4.90. The van der Waals surface area contributed by atoms with Gasteiger partial charge in [0.05, 0.1) is 8.80 Å². The first-order valence-corrected chi connectivity index (χ1v) is 5.58. The molecule has 0 bridgehead atoms. The van der Waals surface area contributed by atoms with Crippen molar-refractivity contribution in [3.8, 4) is 0 Å². The van der Waals surface area contributed by atoms with Gasteiger partial charge in [-0.15, -0.1) is 0 Å². The van der Waals surface area contributed by atoms with Gasteiger partial charge in [0.15, 0.2) is 0 Å². The Morgan fingerprint density at radius 1 is 1.27 bits per heavy atom. The Hall–Kier alpha value is 0.554. The van der Waals surface area contributed by atoms with Crippen LogP contribution in [0.3, 0.4) is 0 Å². The summed E-state index contributed by atoms with van der Waals surface area (Å²) >= 11 is 0. The number of benzene rings is 1. The summed E-state index contributed by atoms with van der Waals surface area (Å²) in [5.41, 5.74) is 0. The molecule has 1 aromatic rings. The molecule has 0 nitrogen and oxygen atoms in total. The Morgan fingerprint density at radius 2 is 1.91 bits per heavy atom. The summed E-state index contributed by atoms with van der Waals surface area (Å²) in [4.78, 5) is 0. The van der Waals surface area contributed by atoms with E-state index in [1.54, 1.807) is 0 Å². The fourth-order valence-electron chi connectivity index (χ4n) is 0.704. The van der Waals surface area contributed by atoms with E-state index in [-0.39, 0.29) is 44.7 Å². The summed E-state index contributed by atoms with van der Waals surface area (Å²) in [6.07, 6.45) is 0. The Kier molecular flexibility index (Phi) is 9.25. The predicted molar refractivity (Wildman–Crippen MR) is 48.1 cm³/mol. The van der Waals surface area contributed by atoms with Gasteiger partial charge in [0.1, 0.15) is 0 Å². The fraction of sp³-hybridized carbons (Fsp3) is 0.250. The molecule has 0 aliphatic heterocycles. The maximum Gasteiger partial charge on any atom is 1.00 e. The number of rotatable bonds is 1. The summed E-state index contributed by atoms with van der Waals surface area (Å²) < 4.78 is 0.